The van der Waals surface area contributed by atoms with Crippen LogP contribution in [0.15, 0.2) is 18.3 Å². The molecule has 1 aromatic rings. The fraction of sp³-hybridized carbons (Fsp3) is 0.667. The van der Waals surface area contributed by atoms with Gasteiger partial charge in [-0.15, -0.1) is 0 Å². The van der Waals surface area contributed by atoms with E-state index in [4.69, 9.17) is 0 Å². The van der Waals surface area contributed by atoms with Crippen molar-refractivity contribution in [3.63, 3.8) is 0 Å². The molecule has 21 heavy (non-hydrogen) atoms. The van der Waals surface area contributed by atoms with E-state index in [1.165, 1.54) is 4.90 Å². The zero-order chi connectivity index (χ0) is 15.5. The van der Waals surface area contributed by atoms with Gasteiger partial charge in [-0.25, -0.2) is 4.98 Å². The molecule has 6 heteroatoms. The molecule has 118 valence electrons. The van der Waals surface area contributed by atoms with Crippen molar-refractivity contribution < 1.29 is 13.2 Å². The molecule has 0 atom stereocenters. The fourth-order valence-corrected chi connectivity index (χ4v) is 2.17. The Hall–Kier alpha value is -1.30. The Labute approximate surface area is 123 Å². The van der Waals surface area contributed by atoms with Gasteiger partial charge in [0, 0.05) is 18.8 Å². The molecule has 3 nitrogen and oxygen atoms in total. The Balaban J connectivity index is 1.96. The molecule has 1 aliphatic carbocycles. The molecule has 0 spiro atoms. The fourth-order valence-electron chi connectivity index (χ4n) is 2.17. The molecule has 0 unspecified atom stereocenters. The summed E-state index contributed by atoms with van der Waals surface area (Å²) in [5, 5.41) is 3.29. The molecule has 1 aliphatic rings. The molecule has 1 heterocycles. The van der Waals surface area contributed by atoms with Crippen LogP contribution in [0.5, 0.6) is 0 Å². The number of anilines is 1. The van der Waals surface area contributed by atoms with E-state index < -0.39 is 12.7 Å². The molecule has 1 N–H and O–H groups in total. The lowest BCUT2D eigenvalue weighted by atomic mass is 10.2. The zero-order valence-corrected chi connectivity index (χ0v) is 12.5. The minimum absolute atomic E-state index is 0.0101. The first-order valence-corrected chi connectivity index (χ1v) is 7.34. The first kappa shape index (κ1) is 16.1. The summed E-state index contributed by atoms with van der Waals surface area (Å²) < 4.78 is 37.9. The third-order valence-corrected chi connectivity index (χ3v) is 3.32. The first-order valence-electron chi connectivity index (χ1n) is 7.34. The Bertz CT molecular complexity index is 438. The molecule has 2 rings (SSSR count). The Morgan fingerprint density at radius 2 is 2.05 bits per heavy atom. The van der Waals surface area contributed by atoms with Gasteiger partial charge in [-0.3, -0.25) is 0 Å². The second kappa shape index (κ2) is 6.64. The van der Waals surface area contributed by atoms with Crippen LogP contribution in [-0.4, -0.2) is 30.3 Å². The Morgan fingerprint density at radius 1 is 1.33 bits per heavy atom. The maximum Gasteiger partial charge on any atom is 0.405 e. The average molecular weight is 301 g/mol. The van der Waals surface area contributed by atoms with Crippen molar-refractivity contribution in [2.75, 3.05) is 18.0 Å². The quantitative estimate of drug-likeness (QED) is 0.837. The summed E-state index contributed by atoms with van der Waals surface area (Å²) in [5.74, 6) is 0.983. The number of hydrogen-bond acceptors (Lipinski definition) is 3. The molecule has 0 amide bonds. The summed E-state index contributed by atoms with van der Waals surface area (Å²) >= 11 is 0. The number of pyridine rings is 1. The van der Waals surface area contributed by atoms with Crippen LogP contribution in [0.4, 0.5) is 19.0 Å². The van der Waals surface area contributed by atoms with Gasteiger partial charge in [0.05, 0.1) is 0 Å². The third-order valence-electron chi connectivity index (χ3n) is 3.32. The van der Waals surface area contributed by atoms with Gasteiger partial charge < -0.3 is 10.2 Å². The van der Waals surface area contributed by atoms with E-state index in [1.807, 2.05) is 6.07 Å². The molecule has 1 saturated carbocycles. The van der Waals surface area contributed by atoms with Gasteiger partial charge in [-0.1, -0.05) is 19.9 Å². The van der Waals surface area contributed by atoms with E-state index in [1.54, 1.807) is 12.3 Å². The van der Waals surface area contributed by atoms with Gasteiger partial charge in [0.15, 0.2) is 0 Å². The molecular weight excluding hydrogens is 279 g/mol. The van der Waals surface area contributed by atoms with Crippen LogP contribution in [0.1, 0.15) is 32.3 Å². The summed E-state index contributed by atoms with van der Waals surface area (Å²) in [6, 6.07) is 3.53. The van der Waals surface area contributed by atoms with E-state index in [9.17, 15) is 13.2 Å². The van der Waals surface area contributed by atoms with E-state index in [-0.39, 0.29) is 6.04 Å². The summed E-state index contributed by atoms with van der Waals surface area (Å²) in [5.41, 5.74) is 0.988. The number of hydrogen-bond donors (Lipinski definition) is 1. The van der Waals surface area contributed by atoms with Crippen LogP contribution in [0.3, 0.4) is 0 Å². The second-order valence-corrected chi connectivity index (χ2v) is 6.02. The standard InChI is InChI=1S/C15H22F3N3/c1-11(2)7-19-8-12-3-6-14(20-9-12)21(13-4-5-13)10-15(16,17)18/h3,6,9,11,13,19H,4-5,7-8,10H2,1-2H3. The maximum absolute atomic E-state index is 12.6. The molecule has 0 aliphatic heterocycles. The maximum atomic E-state index is 12.6. The minimum Gasteiger partial charge on any atom is -0.345 e. The smallest absolute Gasteiger partial charge is 0.345 e. The molecule has 1 fully saturated rings. The number of nitrogens with one attached hydrogen (secondary N) is 1. The third kappa shape index (κ3) is 5.53. The molecule has 1 aromatic heterocycles. The molecule has 0 bridgehead atoms. The number of nitrogens with zero attached hydrogens (tertiary/aromatic N) is 2. The number of aromatic nitrogens is 1. The normalized spacial score (nSPS) is 15.5. The highest BCUT2D eigenvalue weighted by Crippen LogP contribution is 2.33. The highest BCUT2D eigenvalue weighted by atomic mass is 19.4. The monoisotopic (exact) mass is 301 g/mol. The minimum atomic E-state index is -4.19. The summed E-state index contributed by atoms with van der Waals surface area (Å²) in [7, 11) is 0. The van der Waals surface area contributed by atoms with Gasteiger partial charge in [0.25, 0.3) is 0 Å². The van der Waals surface area contributed by atoms with E-state index in [2.05, 4.69) is 24.1 Å². The first-order chi connectivity index (χ1) is 9.85. The number of alkyl halides is 3. The van der Waals surface area contributed by atoms with Gasteiger partial charge >= 0.3 is 6.18 Å². The van der Waals surface area contributed by atoms with E-state index >= 15 is 0 Å². The van der Waals surface area contributed by atoms with Crippen molar-refractivity contribution in [3.8, 4) is 0 Å². The highest BCUT2D eigenvalue weighted by molar-refractivity contribution is 5.42. The summed E-state index contributed by atoms with van der Waals surface area (Å²) in [6.07, 6.45) is -0.902. The molecule has 0 radical (unpaired) electrons. The largest absolute Gasteiger partial charge is 0.405 e. The Morgan fingerprint density at radius 3 is 2.52 bits per heavy atom. The van der Waals surface area contributed by atoms with Gasteiger partial charge in [-0.05, 0) is 36.9 Å². The van der Waals surface area contributed by atoms with Crippen LogP contribution in [0.25, 0.3) is 0 Å². The lowest BCUT2D eigenvalue weighted by Crippen LogP contribution is -2.36. The van der Waals surface area contributed by atoms with Crippen molar-refractivity contribution in [2.24, 2.45) is 5.92 Å². The average Bonchev–Trinajstić information content (AvgIpc) is 3.20. The van der Waals surface area contributed by atoms with Crippen LogP contribution < -0.4 is 10.2 Å². The van der Waals surface area contributed by atoms with Crippen molar-refractivity contribution in [1.29, 1.82) is 0 Å². The topological polar surface area (TPSA) is 28.2 Å². The van der Waals surface area contributed by atoms with Crippen molar-refractivity contribution in [1.82, 2.24) is 10.3 Å². The predicted molar refractivity (Wildman–Crippen MR) is 77.2 cm³/mol. The lowest BCUT2D eigenvalue weighted by Gasteiger charge is -2.24. The summed E-state index contributed by atoms with van der Waals surface area (Å²) in [4.78, 5) is 5.57. The van der Waals surface area contributed by atoms with Crippen LogP contribution in [0, 0.1) is 5.92 Å². The van der Waals surface area contributed by atoms with Gasteiger partial charge in [0.2, 0.25) is 0 Å². The second-order valence-electron chi connectivity index (χ2n) is 6.02. The molecule has 0 saturated heterocycles. The van der Waals surface area contributed by atoms with Gasteiger partial charge in [-0.2, -0.15) is 13.2 Å². The van der Waals surface area contributed by atoms with Gasteiger partial charge in [0.1, 0.15) is 12.4 Å². The Kier molecular flexibility index (Phi) is 5.08. The van der Waals surface area contributed by atoms with Crippen molar-refractivity contribution in [3.05, 3.63) is 23.9 Å². The van der Waals surface area contributed by atoms with Crippen LogP contribution in [0.2, 0.25) is 0 Å². The summed E-state index contributed by atoms with van der Waals surface area (Å²) in [6.45, 7) is 4.92. The predicted octanol–water partition coefficient (Wildman–Crippen LogP) is 3.36. The SMILES string of the molecule is CC(C)CNCc1ccc(N(CC(F)(F)F)C2CC2)nc1. The molecular formula is C15H22F3N3. The zero-order valence-electron chi connectivity index (χ0n) is 12.5. The lowest BCUT2D eigenvalue weighted by molar-refractivity contribution is -0.120. The van der Waals surface area contributed by atoms with E-state index in [0.29, 0.717) is 18.3 Å². The van der Waals surface area contributed by atoms with Crippen LogP contribution >= 0.6 is 0 Å². The number of rotatable bonds is 7. The van der Waals surface area contributed by atoms with E-state index in [0.717, 1.165) is 24.9 Å². The number of halogens is 3. The van der Waals surface area contributed by atoms with Crippen molar-refractivity contribution >= 4 is 5.82 Å². The van der Waals surface area contributed by atoms with Crippen molar-refractivity contribution in [2.45, 2.75) is 45.5 Å². The molecule has 0 aromatic carbocycles. The highest BCUT2D eigenvalue weighted by Gasteiger charge is 2.38. The van der Waals surface area contributed by atoms with Crippen LogP contribution in [-0.2, 0) is 6.54 Å².